The molecule has 0 saturated carbocycles. The quantitative estimate of drug-likeness (QED) is 0.481. The first-order valence-corrected chi connectivity index (χ1v) is 11.0. The predicted molar refractivity (Wildman–Crippen MR) is 125 cm³/mol. The minimum atomic E-state index is -0.526. The van der Waals surface area contributed by atoms with Crippen LogP contribution < -0.4 is 10.2 Å². The van der Waals surface area contributed by atoms with Crippen LogP contribution in [-0.2, 0) is 25.5 Å². The zero-order valence-electron chi connectivity index (χ0n) is 18.2. The van der Waals surface area contributed by atoms with Crippen molar-refractivity contribution >= 4 is 45.7 Å². The summed E-state index contributed by atoms with van der Waals surface area (Å²) < 4.78 is 10.9. The van der Waals surface area contributed by atoms with E-state index >= 15 is 0 Å². The summed E-state index contributed by atoms with van der Waals surface area (Å²) in [6, 6.07) is 12.4. The van der Waals surface area contributed by atoms with E-state index in [0.717, 1.165) is 16.6 Å². The Bertz CT molecular complexity index is 1490. The van der Waals surface area contributed by atoms with E-state index < -0.39 is 17.9 Å². The summed E-state index contributed by atoms with van der Waals surface area (Å²) in [7, 11) is 0. The second-order valence-corrected chi connectivity index (χ2v) is 8.15. The molecule has 1 unspecified atom stereocenters. The molecule has 1 N–H and O–H groups in total. The second-order valence-electron chi connectivity index (χ2n) is 8.15. The summed E-state index contributed by atoms with van der Waals surface area (Å²) in [5.41, 5.74) is 4.17. The number of rotatable bonds is 4. The Morgan fingerprint density at radius 3 is 2.76 bits per heavy atom. The summed E-state index contributed by atoms with van der Waals surface area (Å²) in [6.07, 6.45) is 5.28. The Balaban J connectivity index is 1.55. The minimum Gasteiger partial charge on any atom is -0.464 e. The fourth-order valence-corrected chi connectivity index (χ4v) is 4.90. The van der Waals surface area contributed by atoms with Gasteiger partial charge in [-0.1, -0.05) is 36.4 Å². The molecule has 6 rings (SSSR count). The van der Waals surface area contributed by atoms with Crippen LogP contribution in [0.15, 0.2) is 76.1 Å². The molecule has 1 aromatic heterocycles. The van der Waals surface area contributed by atoms with Crippen molar-refractivity contribution in [1.29, 1.82) is 0 Å². The van der Waals surface area contributed by atoms with Crippen molar-refractivity contribution < 1.29 is 23.5 Å². The number of amides is 2. The molecule has 0 spiro atoms. The first kappa shape index (κ1) is 20.2. The number of esters is 1. The Morgan fingerprint density at radius 2 is 1.91 bits per heavy atom. The Hall–Kier alpha value is -4.46. The van der Waals surface area contributed by atoms with E-state index in [-0.39, 0.29) is 23.7 Å². The maximum absolute atomic E-state index is 13.1. The summed E-state index contributed by atoms with van der Waals surface area (Å²) in [4.78, 5) is 45.1. The first-order chi connectivity index (χ1) is 16.6. The van der Waals surface area contributed by atoms with Crippen molar-refractivity contribution in [2.24, 2.45) is 4.99 Å². The molecule has 0 bridgehead atoms. The van der Waals surface area contributed by atoms with Gasteiger partial charge in [0.25, 0.3) is 11.8 Å². The highest BCUT2D eigenvalue weighted by molar-refractivity contribution is 6.48. The van der Waals surface area contributed by atoms with Crippen LogP contribution in [0.25, 0.3) is 16.5 Å². The van der Waals surface area contributed by atoms with E-state index in [2.05, 4.69) is 10.3 Å². The lowest BCUT2D eigenvalue weighted by Crippen LogP contribution is -2.36. The van der Waals surface area contributed by atoms with Gasteiger partial charge in [0.1, 0.15) is 11.6 Å². The highest BCUT2D eigenvalue weighted by Gasteiger charge is 2.41. The smallest absolute Gasteiger partial charge is 0.329 e. The van der Waals surface area contributed by atoms with Gasteiger partial charge < -0.3 is 14.1 Å². The van der Waals surface area contributed by atoms with Crippen LogP contribution in [0.3, 0.4) is 0 Å². The minimum absolute atomic E-state index is 0.174. The first-order valence-electron chi connectivity index (χ1n) is 11.0. The summed E-state index contributed by atoms with van der Waals surface area (Å²) >= 11 is 0. The van der Waals surface area contributed by atoms with Crippen LogP contribution in [0.1, 0.15) is 23.6 Å². The number of para-hydroxylation sites is 2. The van der Waals surface area contributed by atoms with E-state index in [1.54, 1.807) is 37.7 Å². The molecule has 1 atom stereocenters. The number of fused-ring (bicyclic) bond motifs is 1. The lowest BCUT2D eigenvalue weighted by atomic mass is 9.92. The van der Waals surface area contributed by atoms with Crippen LogP contribution in [0.5, 0.6) is 0 Å². The van der Waals surface area contributed by atoms with Gasteiger partial charge in [0.05, 0.1) is 35.4 Å². The van der Waals surface area contributed by atoms with Crippen molar-refractivity contribution in [3.63, 3.8) is 0 Å². The third-order valence-electron chi connectivity index (χ3n) is 6.29. The molecule has 0 radical (unpaired) electrons. The van der Waals surface area contributed by atoms with Crippen molar-refractivity contribution in [1.82, 2.24) is 5.32 Å². The molecule has 0 saturated heterocycles. The zero-order chi connectivity index (χ0) is 23.4. The van der Waals surface area contributed by atoms with Crippen LogP contribution >= 0.6 is 0 Å². The fraction of sp³-hybridized carbons (Fsp3) is 0.154. The molecule has 0 aliphatic carbocycles. The molecule has 2 aromatic carbocycles. The fourth-order valence-electron chi connectivity index (χ4n) is 4.90. The summed E-state index contributed by atoms with van der Waals surface area (Å²) in [5, 5.41) is 3.24. The number of ether oxygens (including phenoxy) is 1. The highest BCUT2D eigenvalue weighted by atomic mass is 16.5. The molecule has 2 amide bonds. The number of nitrogens with zero attached hydrogens (tertiary/aromatic N) is 2. The lowest BCUT2D eigenvalue weighted by molar-refractivity contribution is -0.144. The van der Waals surface area contributed by atoms with Crippen LogP contribution in [-0.4, -0.2) is 36.1 Å². The van der Waals surface area contributed by atoms with Gasteiger partial charge in [-0.15, -0.1) is 0 Å². The Kier molecular flexibility index (Phi) is 4.48. The van der Waals surface area contributed by atoms with Gasteiger partial charge in [-0.25, -0.2) is 4.79 Å². The normalized spacial score (nSPS) is 18.8. The molecule has 3 aliphatic rings. The number of carbonyl (C=O) groups is 3. The summed E-state index contributed by atoms with van der Waals surface area (Å²) in [6.45, 7) is 2.06. The van der Waals surface area contributed by atoms with Gasteiger partial charge in [0, 0.05) is 35.3 Å². The number of nitrogens with one attached hydrogen (secondary N) is 1. The number of hydrogen-bond donors (Lipinski definition) is 1. The molecule has 168 valence electrons. The number of aliphatic imine (C=N–C) groups is 1. The van der Waals surface area contributed by atoms with E-state index in [9.17, 15) is 14.4 Å². The van der Waals surface area contributed by atoms with Crippen LogP contribution in [0, 0.1) is 0 Å². The third-order valence-corrected chi connectivity index (χ3v) is 6.29. The van der Waals surface area contributed by atoms with Crippen molar-refractivity contribution in [3.8, 4) is 0 Å². The van der Waals surface area contributed by atoms with E-state index in [4.69, 9.17) is 9.15 Å². The topological polar surface area (TPSA) is 101 Å². The molecule has 34 heavy (non-hydrogen) atoms. The molecule has 0 fully saturated rings. The largest absolute Gasteiger partial charge is 0.464 e. The van der Waals surface area contributed by atoms with Crippen LogP contribution in [0.4, 0.5) is 5.69 Å². The van der Waals surface area contributed by atoms with Crippen molar-refractivity contribution in [3.05, 3.63) is 83.4 Å². The molecule has 8 heteroatoms. The van der Waals surface area contributed by atoms with Gasteiger partial charge in [0.2, 0.25) is 0 Å². The Labute approximate surface area is 194 Å². The second kappa shape index (κ2) is 7.55. The SMILES string of the molecule is CCOC(=O)C1Cc2cccc3c2N1C=CN=C3C1=C(c2cccc3ccoc23)C(=O)NC1=O. The predicted octanol–water partition coefficient (Wildman–Crippen LogP) is 3.11. The number of anilines is 1. The molecule has 3 aromatic rings. The molecular formula is C26H19N3O5. The van der Waals surface area contributed by atoms with Gasteiger partial charge >= 0.3 is 5.97 Å². The van der Waals surface area contributed by atoms with Gasteiger partial charge in [0.15, 0.2) is 0 Å². The monoisotopic (exact) mass is 453 g/mol. The number of imide groups is 1. The van der Waals surface area contributed by atoms with Crippen LogP contribution in [0.2, 0.25) is 0 Å². The molecule has 3 aliphatic heterocycles. The lowest BCUT2D eigenvalue weighted by Gasteiger charge is -2.22. The van der Waals surface area contributed by atoms with Gasteiger partial charge in [-0.05, 0) is 18.6 Å². The zero-order valence-corrected chi connectivity index (χ0v) is 18.2. The highest BCUT2D eigenvalue weighted by Crippen LogP contribution is 2.41. The van der Waals surface area contributed by atoms with E-state index in [1.807, 2.05) is 35.2 Å². The van der Waals surface area contributed by atoms with Gasteiger partial charge in [-0.3, -0.25) is 19.9 Å². The average molecular weight is 453 g/mol. The summed E-state index contributed by atoms with van der Waals surface area (Å²) in [5.74, 6) is -1.36. The number of hydrogen-bond acceptors (Lipinski definition) is 7. The molecular weight excluding hydrogens is 434 g/mol. The van der Waals surface area contributed by atoms with E-state index in [0.29, 0.717) is 28.8 Å². The average Bonchev–Trinajstić information content (AvgIpc) is 3.48. The molecule has 8 nitrogen and oxygen atoms in total. The maximum Gasteiger partial charge on any atom is 0.329 e. The number of carbonyl (C=O) groups excluding carboxylic acids is 3. The number of benzene rings is 2. The Morgan fingerprint density at radius 1 is 1.12 bits per heavy atom. The third kappa shape index (κ3) is 2.85. The number of furan rings is 1. The van der Waals surface area contributed by atoms with Crippen molar-refractivity contribution in [2.45, 2.75) is 19.4 Å². The van der Waals surface area contributed by atoms with Crippen molar-refractivity contribution in [2.75, 3.05) is 11.5 Å². The maximum atomic E-state index is 13.1. The standard InChI is InChI=1S/C26H19N3O5/c1-2-33-26(32)18-13-15-6-4-8-17-21(27-10-11-29(18)22(15)17)20-19(24(30)28-25(20)31)16-7-3-5-14-9-12-34-23(14)16/h3-12,18H,2,13H2,1H3,(H,28,30,31). The molecule has 4 heterocycles. The van der Waals surface area contributed by atoms with E-state index in [1.165, 1.54) is 0 Å². The van der Waals surface area contributed by atoms with Gasteiger partial charge in [-0.2, -0.15) is 0 Å².